The van der Waals surface area contributed by atoms with Crippen molar-refractivity contribution in [2.45, 2.75) is 161 Å². The Balaban J connectivity index is 4.43. The molecule has 0 bridgehead atoms. The number of unbranched alkanes of at least 4 members (excludes halogenated alkanes) is 14. The third-order valence-corrected chi connectivity index (χ3v) is 9.12. The van der Waals surface area contributed by atoms with Gasteiger partial charge in [0, 0.05) is 19.4 Å². The van der Waals surface area contributed by atoms with E-state index in [4.69, 9.17) is 18.5 Å². The zero-order chi connectivity index (χ0) is 37.7. The molecule has 0 spiro atoms. The van der Waals surface area contributed by atoms with Crippen molar-refractivity contribution in [3.63, 3.8) is 0 Å². The first-order chi connectivity index (χ1) is 24.7. The van der Waals surface area contributed by atoms with Gasteiger partial charge in [-0.25, -0.2) is 4.57 Å². The number of hydrogen-bond donors (Lipinski definition) is 1. The average molecular weight is 740 g/mol. The Morgan fingerprint density at radius 2 is 1.08 bits per heavy atom. The lowest BCUT2D eigenvalue weighted by Gasteiger charge is -2.20. The van der Waals surface area contributed by atoms with Crippen LogP contribution in [-0.2, 0) is 32.7 Å². The highest BCUT2D eigenvalue weighted by atomic mass is 31.2. The molecule has 0 saturated carbocycles. The number of nitrogens with zero attached hydrogens (tertiary/aromatic N) is 1. The zero-order valence-electron chi connectivity index (χ0n) is 32.8. The fraction of sp³-hybridized carbons (Fsp3) is 0.756. The van der Waals surface area contributed by atoms with E-state index in [0.717, 1.165) is 44.9 Å². The lowest BCUT2D eigenvalue weighted by Crippen LogP contribution is -2.29. The van der Waals surface area contributed by atoms with Gasteiger partial charge >= 0.3 is 19.8 Å². The molecular weight excluding hydrogens is 665 g/mol. The van der Waals surface area contributed by atoms with Gasteiger partial charge in [-0.05, 0) is 65.5 Å². The molecule has 0 aromatic rings. The van der Waals surface area contributed by atoms with Crippen LogP contribution < -0.4 is 0 Å². The molecule has 0 aliphatic heterocycles. The molecule has 0 aromatic heterocycles. The molecule has 0 rings (SSSR count). The minimum absolute atomic E-state index is 0.00147. The Morgan fingerprint density at radius 1 is 0.608 bits per heavy atom. The maximum atomic E-state index is 12.6. The molecule has 0 aliphatic carbocycles. The van der Waals surface area contributed by atoms with Crippen molar-refractivity contribution in [2.75, 3.05) is 40.5 Å². The maximum Gasteiger partial charge on any atom is 0.472 e. The molecule has 296 valence electrons. The van der Waals surface area contributed by atoms with Crippen LogP contribution in [0.2, 0.25) is 0 Å². The number of phosphoric acid groups is 1. The van der Waals surface area contributed by atoms with Gasteiger partial charge in [0.25, 0.3) is 0 Å². The Labute approximate surface area is 311 Å². The molecule has 0 amide bonds. The standard InChI is InChI=1S/C41H74NO8P/c1-5-7-9-11-13-15-17-18-19-20-21-22-24-25-27-29-31-33-40(43)47-37-39(38-49-51(45,46)48-36-35-42(3)4)50-41(44)34-32-30-28-26-23-16-14-12-10-8-6-2/h13,15,18-19,21-22,25,27,39H,5-12,14,16-17,20,23-24,26,28-38H2,1-4H3,(H,45,46)/b15-13-,19-18-,22-21-,27-25-. The highest BCUT2D eigenvalue weighted by molar-refractivity contribution is 7.47. The van der Waals surface area contributed by atoms with E-state index in [9.17, 15) is 19.0 Å². The maximum absolute atomic E-state index is 12.6. The van der Waals surface area contributed by atoms with Crippen LogP contribution in [0, 0.1) is 0 Å². The average Bonchev–Trinajstić information content (AvgIpc) is 3.09. The van der Waals surface area contributed by atoms with E-state index in [1.165, 1.54) is 70.6 Å². The lowest BCUT2D eigenvalue weighted by molar-refractivity contribution is -0.161. The third-order valence-electron chi connectivity index (χ3n) is 8.14. The molecular formula is C41H74NO8P. The van der Waals surface area contributed by atoms with Crippen molar-refractivity contribution in [1.29, 1.82) is 0 Å². The summed E-state index contributed by atoms with van der Waals surface area (Å²) in [5.74, 6) is -0.871. The van der Waals surface area contributed by atoms with Crippen LogP contribution in [0.15, 0.2) is 48.6 Å². The summed E-state index contributed by atoms with van der Waals surface area (Å²) in [6.45, 7) is 4.21. The van der Waals surface area contributed by atoms with Gasteiger partial charge in [0.2, 0.25) is 0 Å². The van der Waals surface area contributed by atoms with E-state index in [0.29, 0.717) is 19.4 Å². The quantitative estimate of drug-likeness (QED) is 0.0290. The summed E-state index contributed by atoms with van der Waals surface area (Å²) in [4.78, 5) is 36.8. The van der Waals surface area contributed by atoms with E-state index < -0.39 is 32.5 Å². The summed E-state index contributed by atoms with van der Waals surface area (Å²) in [6, 6.07) is 0. The molecule has 0 aliphatic rings. The van der Waals surface area contributed by atoms with E-state index >= 15 is 0 Å². The van der Waals surface area contributed by atoms with E-state index in [-0.39, 0.29) is 26.1 Å². The van der Waals surface area contributed by atoms with Crippen LogP contribution >= 0.6 is 7.82 Å². The monoisotopic (exact) mass is 740 g/mol. The Hall–Kier alpha value is -2.03. The summed E-state index contributed by atoms with van der Waals surface area (Å²) < 4.78 is 33.3. The Morgan fingerprint density at radius 3 is 1.63 bits per heavy atom. The predicted molar refractivity (Wildman–Crippen MR) is 211 cm³/mol. The molecule has 1 N–H and O–H groups in total. The van der Waals surface area contributed by atoms with Crippen LogP contribution in [0.4, 0.5) is 0 Å². The summed E-state index contributed by atoms with van der Waals surface area (Å²) in [7, 11) is -0.734. The van der Waals surface area contributed by atoms with Gasteiger partial charge in [-0.3, -0.25) is 18.6 Å². The van der Waals surface area contributed by atoms with Gasteiger partial charge < -0.3 is 19.3 Å². The van der Waals surface area contributed by atoms with Crippen molar-refractivity contribution < 1.29 is 37.6 Å². The van der Waals surface area contributed by atoms with Crippen molar-refractivity contribution in [3.05, 3.63) is 48.6 Å². The van der Waals surface area contributed by atoms with Crippen LogP contribution in [-0.4, -0.2) is 68.3 Å². The van der Waals surface area contributed by atoms with Gasteiger partial charge in [0.15, 0.2) is 6.10 Å². The number of carbonyl (C=O) groups is 2. The Bertz CT molecular complexity index is 994. The summed E-state index contributed by atoms with van der Waals surface area (Å²) in [5, 5.41) is 0. The van der Waals surface area contributed by atoms with E-state index in [1.54, 1.807) is 0 Å². The minimum Gasteiger partial charge on any atom is -0.462 e. The molecule has 9 nitrogen and oxygen atoms in total. The SMILES string of the molecule is CCCCC/C=C\C/C=C\C/C=C\C/C=C\CCCC(=O)OCC(COP(=O)(O)OCCN(C)C)OC(=O)CCCCCCCCCCCCC. The molecule has 0 radical (unpaired) electrons. The summed E-state index contributed by atoms with van der Waals surface area (Å²) >= 11 is 0. The molecule has 2 atom stereocenters. The van der Waals surface area contributed by atoms with Gasteiger partial charge in [-0.1, -0.05) is 140 Å². The van der Waals surface area contributed by atoms with Crippen molar-refractivity contribution >= 4 is 19.8 Å². The highest BCUT2D eigenvalue weighted by Gasteiger charge is 2.26. The summed E-state index contributed by atoms with van der Waals surface area (Å²) in [6.07, 6.45) is 38.8. The van der Waals surface area contributed by atoms with Gasteiger partial charge in [0.1, 0.15) is 6.61 Å². The third kappa shape index (κ3) is 37.5. The smallest absolute Gasteiger partial charge is 0.462 e. The van der Waals surface area contributed by atoms with Crippen LogP contribution in [0.25, 0.3) is 0 Å². The molecule has 2 unspecified atom stereocenters. The molecule has 51 heavy (non-hydrogen) atoms. The molecule has 10 heteroatoms. The van der Waals surface area contributed by atoms with Gasteiger partial charge in [-0.2, -0.15) is 0 Å². The summed E-state index contributed by atoms with van der Waals surface area (Å²) in [5.41, 5.74) is 0. The first kappa shape index (κ1) is 49.0. The number of allylic oxidation sites excluding steroid dienone is 8. The second kappa shape index (κ2) is 36.3. The van der Waals surface area contributed by atoms with Gasteiger partial charge in [-0.15, -0.1) is 0 Å². The molecule has 0 aromatic carbocycles. The number of hydrogen-bond acceptors (Lipinski definition) is 8. The first-order valence-electron chi connectivity index (χ1n) is 19.9. The zero-order valence-corrected chi connectivity index (χ0v) is 33.7. The molecule has 0 fully saturated rings. The highest BCUT2D eigenvalue weighted by Crippen LogP contribution is 2.43. The number of likely N-dealkylation sites (N-methyl/N-ethyl adjacent to an activating group) is 1. The second-order valence-electron chi connectivity index (χ2n) is 13.5. The number of rotatable bonds is 36. The molecule has 0 heterocycles. The van der Waals surface area contributed by atoms with Crippen molar-refractivity contribution in [2.24, 2.45) is 0 Å². The Kier molecular flexibility index (Phi) is 34.9. The predicted octanol–water partition coefficient (Wildman–Crippen LogP) is 11.0. The normalized spacial score (nSPS) is 14.0. The fourth-order valence-corrected chi connectivity index (χ4v) is 5.77. The largest absolute Gasteiger partial charge is 0.472 e. The molecule has 0 saturated heterocycles. The number of ether oxygens (including phenoxy) is 2. The second-order valence-corrected chi connectivity index (χ2v) is 14.9. The number of phosphoric ester groups is 1. The van der Waals surface area contributed by atoms with Crippen molar-refractivity contribution in [1.82, 2.24) is 4.90 Å². The number of carbonyl (C=O) groups excluding carboxylic acids is 2. The van der Waals surface area contributed by atoms with Gasteiger partial charge in [0.05, 0.1) is 13.2 Å². The van der Waals surface area contributed by atoms with Crippen LogP contribution in [0.5, 0.6) is 0 Å². The minimum atomic E-state index is -4.37. The van der Waals surface area contributed by atoms with E-state index in [2.05, 4.69) is 62.5 Å². The fourth-order valence-electron chi connectivity index (χ4n) is 5.03. The first-order valence-corrected chi connectivity index (χ1v) is 21.4. The van der Waals surface area contributed by atoms with Crippen LogP contribution in [0.3, 0.4) is 0 Å². The number of esters is 2. The topological polar surface area (TPSA) is 112 Å². The van der Waals surface area contributed by atoms with E-state index in [1.807, 2.05) is 19.0 Å². The lowest BCUT2D eigenvalue weighted by atomic mass is 10.1. The van der Waals surface area contributed by atoms with Crippen LogP contribution in [0.1, 0.15) is 155 Å². The van der Waals surface area contributed by atoms with Crippen molar-refractivity contribution in [3.8, 4) is 0 Å².